The van der Waals surface area contributed by atoms with Crippen LogP contribution in [0.5, 0.6) is 0 Å². The van der Waals surface area contributed by atoms with Gasteiger partial charge in [0.15, 0.2) is 5.60 Å². The van der Waals surface area contributed by atoms with Crippen molar-refractivity contribution >= 4 is 5.90 Å². The van der Waals surface area contributed by atoms with Crippen LogP contribution >= 0.6 is 0 Å². The van der Waals surface area contributed by atoms with E-state index in [-0.39, 0.29) is 0 Å². The Balaban J connectivity index is 1.78. The fraction of sp³-hybridized carbons (Fsp3) is 0.0952. The average Bonchev–Trinajstić information content (AvgIpc) is 3.11. The third-order valence-corrected chi connectivity index (χ3v) is 4.22. The standard InChI is InChI=1S/C21H17NO/c1-4-10-17(11-5-1)20-22-16-21(23-20,18-12-6-2-7-13-18)19-14-8-3-9-15-19/h1-15H,16H2/i23+2. The van der Waals surface area contributed by atoms with Crippen LogP contribution in [0.3, 0.4) is 0 Å². The van der Waals surface area contributed by atoms with Crippen molar-refractivity contribution in [3.8, 4) is 0 Å². The summed E-state index contributed by atoms with van der Waals surface area (Å²) in [6.45, 7) is 0.589. The molecule has 0 unspecified atom stereocenters. The molecule has 0 spiro atoms. The van der Waals surface area contributed by atoms with Crippen LogP contribution in [0, 0.1) is 0 Å². The Hall–Kier alpha value is -2.87. The Morgan fingerprint density at radius 1 is 0.652 bits per heavy atom. The van der Waals surface area contributed by atoms with Gasteiger partial charge in [-0.2, -0.15) is 0 Å². The monoisotopic (exact) mass is 301 g/mol. The van der Waals surface area contributed by atoms with E-state index < -0.39 is 5.60 Å². The molecular weight excluding hydrogens is 284 g/mol. The van der Waals surface area contributed by atoms with Crippen molar-refractivity contribution < 1.29 is 4.74 Å². The van der Waals surface area contributed by atoms with Crippen LogP contribution in [-0.4, -0.2) is 12.4 Å². The zero-order valence-electron chi connectivity index (χ0n) is 12.7. The molecule has 3 aromatic carbocycles. The molecule has 0 aromatic heterocycles. The maximum Gasteiger partial charge on any atom is 0.217 e. The van der Waals surface area contributed by atoms with Crippen molar-refractivity contribution in [1.82, 2.24) is 0 Å². The summed E-state index contributed by atoms with van der Waals surface area (Å²) in [5, 5.41) is 0. The number of ether oxygens (including phenoxy) is 1. The molecule has 0 amide bonds. The first-order chi connectivity index (χ1) is 11.4. The van der Waals surface area contributed by atoms with Crippen molar-refractivity contribution in [2.45, 2.75) is 5.60 Å². The Labute approximate surface area is 136 Å². The van der Waals surface area contributed by atoms with Crippen LogP contribution in [0.1, 0.15) is 16.7 Å². The van der Waals surface area contributed by atoms with Gasteiger partial charge in [0, 0.05) is 16.7 Å². The van der Waals surface area contributed by atoms with Crippen molar-refractivity contribution in [3.05, 3.63) is 108 Å². The van der Waals surface area contributed by atoms with Crippen LogP contribution in [-0.2, 0) is 10.3 Å². The summed E-state index contributed by atoms with van der Waals surface area (Å²) in [6.07, 6.45) is 0. The van der Waals surface area contributed by atoms with Crippen LogP contribution in [0.4, 0.5) is 0 Å². The number of benzene rings is 3. The molecule has 1 aliphatic rings. The first-order valence-corrected chi connectivity index (χ1v) is 7.78. The summed E-state index contributed by atoms with van der Waals surface area (Å²) >= 11 is 0. The molecule has 0 bridgehead atoms. The van der Waals surface area contributed by atoms with E-state index in [1.54, 1.807) is 0 Å². The topological polar surface area (TPSA) is 21.6 Å². The number of nitrogens with zero attached hydrogens (tertiary/aromatic N) is 1. The molecule has 0 radical (unpaired) electrons. The zero-order valence-corrected chi connectivity index (χ0v) is 12.7. The second kappa shape index (κ2) is 5.73. The first kappa shape index (κ1) is 13.8. The van der Waals surface area contributed by atoms with Gasteiger partial charge in [-0.15, -0.1) is 0 Å². The predicted octanol–water partition coefficient (Wildman–Crippen LogP) is 4.41. The smallest absolute Gasteiger partial charge is 0.217 e. The first-order valence-electron chi connectivity index (χ1n) is 7.78. The summed E-state index contributed by atoms with van der Waals surface area (Å²) in [5.41, 5.74) is 2.72. The molecule has 0 aliphatic carbocycles. The van der Waals surface area contributed by atoms with Gasteiger partial charge in [-0.05, 0) is 12.1 Å². The Kier molecular flexibility index (Phi) is 3.43. The maximum atomic E-state index is 6.46. The quantitative estimate of drug-likeness (QED) is 0.657. The summed E-state index contributed by atoms with van der Waals surface area (Å²) in [6, 6.07) is 30.7. The van der Waals surface area contributed by atoms with Gasteiger partial charge in [-0.3, -0.25) is 0 Å². The minimum absolute atomic E-state index is 0.548. The Bertz CT molecular complexity index is 771. The van der Waals surface area contributed by atoms with Gasteiger partial charge in [0.25, 0.3) is 0 Å². The zero-order chi connectivity index (χ0) is 15.5. The van der Waals surface area contributed by atoms with Gasteiger partial charge in [-0.1, -0.05) is 78.9 Å². The minimum Gasteiger partial charge on any atom is -0.459 e. The molecule has 2 nitrogen and oxygen atoms in total. The summed E-state index contributed by atoms with van der Waals surface area (Å²) < 4.78 is 6.46. The average molecular weight is 301 g/mol. The molecule has 2 heteroatoms. The van der Waals surface area contributed by atoms with Crippen molar-refractivity contribution in [2.24, 2.45) is 4.99 Å². The van der Waals surface area contributed by atoms with Crippen molar-refractivity contribution in [3.63, 3.8) is 0 Å². The number of hydrogen-bond acceptors (Lipinski definition) is 2. The predicted molar refractivity (Wildman–Crippen MR) is 92.6 cm³/mol. The van der Waals surface area contributed by atoms with Crippen LogP contribution < -0.4 is 0 Å². The van der Waals surface area contributed by atoms with Gasteiger partial charge < -0.3 is 4.74 Å². The van der Waals surface area contributed by atoms with E-state index in [0.29, 0.717) is 12.4 Å². The highest BCUT2D eigenvalue weighted by atomic mass is 18.3. The molecular formula is C21H17NO. The lowest BCUT2D eigenvalue weighted by atomic mass is 9.88. The van der Waals surface area contributed by atoms with Crippen LogP contribution in [0.2, 0.25) is 0 Å². The SMILES string of the molecule is c1ccc(C2=NCC(c3ccccc3)(c3ccccc3)[18O]2)cc1. The highest BCUT2D eigenvalue weighted by Gasteiger charge is 2.41. The van der Waals surface area contributed by atoms with E-state index in [9.17, 15) is 0 Å². The van der Waals surface area contributed by atoms with Gasteiger partial charge in [0.05, 0.1) is 6.54 Å². The molecule has 23 heavy (non-hydrogen) atoms. The van der Waals surface area contributed by atoms with Gasteiger partial charge in [0.2, 0.25) is 5.90 Å². The number of rotatable bonds is 3. The highest BCUT2D eigenvalue weighted by molar-refractivity contribution is 5.95. The lowest BCUT2D eigenvalue weighted by molar-refractivity contribution is 0.133. The molecule has 0 fully saturated rings. The summed E-state index contributed by atoms with van der Waals surface area (Å²) in [7, 11) is 0. The maximum absolute atomic E-state index is 6.46. The molecule has 3 aromatic rings. The van der Waals surface area contributed by atoms with Gasteiger partial charge >= 0.3 is 0 Å². The van der Waals surface area contributed by atoms with E-state index in [2.05, 4.69) is 24.3 Å². The molecule has 0 saturated carbocycles. The fourth-order valence-corrected chi connectivity index (χ4v) is 3.03. The van der Waals surface area contributed by atoms with E-state index in [4.69, 9.17) is 9.73 Å². The van der Waals surface area contributed by atoms with E-state index in [0.717, 1.165) is 16.7 Å². The normalized spacial score (nSPS) is 15.7. The molecule has 1 heterocycles. The summed E-state index contributed by atoms with van der Waals surface area (Å²) in [5.74, 6) is 0.707. The highest BCUT2D eigenvalue weighted by Crippen LogP contribution is 2.38. The largest absolute Gasteiger partial charge is 0.459 e. The second-order valence-corrected chi connectivity index (χ2v) is 5.65. The van der Waals surface area contributed by atoms with E-state index in [1.807, 2.05) is 66.7 Å². The number of hydrogen-bond donors (Lipinski definition) is 0. The molecule has 0 saturated heterocycles. The molecule has 112 valence electrons. The van der Waals surface area contributed by atoms with Crippen LogP contribution in [0.15, 0.2) is 96.0 Å². The fourth-order valence-electron chi connectivity index (χ4n) is 3.03. The van der Waals surface area contributed by atoms with E-state index >= 15 is 0 Å². The third kappa shape index (κ3) is 2.42. The Morgan fingerprint density at radius 3 is 1.65 bits per heavy atom. The minimum atomic E-state index is -0.548. The number of aliphatic imine (C=N–C) groups is 1. The Morgan fingerprint density at radius 2 is 1.13 bits per heavy atom. The van der Waals surface area contributed by atoms with Crippen molar-refractivity contribution in [1.29, 1.82) is 0 Å². The molecule has 0 atom stereocenters. The lowest BCUT2D eigenvalue weighted by Gasteiger charge is -2.29. The molecule has 1 aliphatic heterocycles. The third-order valence-electron chi connectivity index (χ3n) is 4.22. The lowest BCUT2D eigenvalue weighted by Crippen LogP contribution is -2.32. The molecule has 4 rings (SSSR count). The van der Waals surface area contributed by atoms with Crippen molar-refractivity contribution in [2.75, 3.05) is 6.54 Å². The summed E-state index contributed by atoms with van der Waals surface area (Å²) in [4.78, 5) is 4.71. The van der Waals surface area contributed by atoms with Crippen LogP contribution in [0.25, 0.3) is 0 Å². The van der Waals surface area contributed by atoms with Gasteiger partial charge in [-0.25, -0.2) is 4.99 Å². The molecule has 0 N–H and O–H groups in total. The van der Waals surface area contributed by atoms with Gasteiger partial charge in [0.1, 0.15) is 0 Å². The van der Waals surface area contributed by atoms with E-state index in [1.165, 1.54) is 0 Å². The second-order valence-electron chi connectivity index (χ2n) is 5.65.